The number of imidazole rings is 1. The number of benzene rings is 1. The normalized spacial score (nSPS) is 15.0. The average molecular weight is 300 g/mol. The van der Waals surface area contributed by atoms with Crippen molar-refractivity contribution in [1.29, 1.82) is 0 Å². The van der Waals surface area contributed by atoms with Crippen molar-refractivity contribution in [2.24, 2.45) is 7.05 Å². The van der Waals surface area contributed by atoms with E-state index >= 15 is 0 Å². The number of methoxy groups -OCH3 is 1. The zero-order chi connectivity index (χ0) is 15.5. The van der Waals surface area contributed by atoms with Gasteiger partial charge in [-0.1, -0.05) is 0 Å². The Bertz CT molecular complexity index is 642. The molecular formula is C16H20N4O2. The summed E-state index contributed by atoms with van der Waals surface area (Å²) >= 11 is 0. The first-order valence-corrected chi connectivity index (χ1v) is 7.33. The van der Waals surface area contributed by atoms with Gasteiger partial charge in [0.25, 0.3) is 5.91 Å². The van der Waals surface area contributed by atoms with Crippen LogP contribution in [0.1, 0.15) is 10.5 Å². The molecule has 1 aromatic heterocycles. The van der Waals surface area contributed by atoms with Crippen molar-refractivity contribution in [3.63, 3.8) is 0 Å². The topological polar surface area (TPSA) is 50.6 Å². The number of carbonyl (C=O) groups is 1. The molecule has 1 fully saturated rings. The summed E-state index contributed by atoms with van der Waals surface area (Å²) in [6.07, 6.45) is 3.28. The Hall–Kier alpha value is -2.50. The van der Waals surface area contributed by atoms with Crippen LogP contribution in [0.15, 0.2) is 36.8 Å². The zero-order valence-electron chi connectivity index (χ0n) is 12.9. The molecule has 0 unspecified atom stereocenters. The Balaban J connectivity index is 1.62. The predicted molar refractivity (Wildman–Crippen MR) is 84.3 cm³/mol. The fourth-order valence-corrected chi connectivity index (χ4v) is 2.69. The first-order valence-electron chi connectivity index (χ1n) is 7.33. The third-order valence-corrected chi connectivity index (χ3v) is 4.04. The quantitative estimate of drug-likeness (QED) is 0.859. The lowest BCUT2D eigenvalue weighted by Crippen LogP contribution is -2.49. The van der Waals surface area contributed by atoms with Gasteiger partial charge in [0.2, 0.25) is 0 Å². The summed E-state index contributed by atoms with van der Waals surface area (Å²) in [7, 11) is 3.51. The molecule has 1 aromatic carbocycles. The Labute approximate surface area is 129 Å². The van der Waals surface area contributed by atoms with Crippen LogP contribution in [0.3, 0.4) is 0 Å². The van der Waals surface area contributed by atoms with E-state index in [0.29, 0.717) is 5.69 Å². The Kier molecular flexibility index (Phi) is 4.00. The van der Waals surface area contributed by atoms with E-state index in [1.807, 2.05) is 24.1 Å². The third-order valence-electron chi connectivity index (χ3n) is 4.04. The number of piperazine rings is 1. The SMILES string of the molecule is COc1ccc(N2CCN(C(=O)c3cncn3C)CC2)cc1. The van der Waals surface area contributed by atoms with Crippen LogP contribution in [0.25, 0.3) is 0 Å². The van der Waals surface area contributed by atoms with E-state index < -0.39 is 0 Å². The van der Waals surface area contributed by atoms with Gasteiger partial charge in [0.15, 0.2) is 0 Å². The standard InChI is InChI=1S/C16H20N4O2/c1-18-12-17-11-15(18)16(21)20-9-7-19(8-10-20)13-3-5-14(22-2)6-4-13/h3-6,11-12H,7-10H2,1-2H3. The lowest BCUT2D eigenvalue weighted by atomic mass is 10.2. The van der Waals surface area contributed by atoms with Gasteiger partial charge in [-0.25, -0.2) is 4.98 Å². The average Bonchev–Trinajstić information content (AvgIpc) is 3.00. The molecule has 2 aromatic rings. The molecule has 116 valence electrons. The van der Waals surface area contributed by atoms with E-state index in [1.54, 1.807) is 24.2 Å². The third kappa shape index (κ3) is 2.77. The molecule has 1 saturated heterocycles. The number of hydrogen-bond donors (Lipinski definition) is 0. The van der Waals surface area contributed by atoms with Gasteiger partial charge in [-0.3, -0.25) is 4.79 Å². The fourth-order valence-electron chi connectivity index (χ4n) is 2.69. The second-order valence-electron chi connectivity index (χ2n) is 5.37. The van der Waals surface area contributed by atoms with Gasteiger partial charge >= 0.3 is 0 Å². The smallest absolute Gasteiger partial charge is 0.272 e. The van der Waals surface area contributed by atoms with Gasteiger partial charge in [0.1, 0.15) is 11.4 Å². The Morgan fingerprint density at radius 2 is 1.82 bits per heavy atom. The van der Waals surface area contributed by atoms with Gasteiger partial charge in [0.05, 0.1) is 19.6 Å². The summed E-state index contributed by atoms with van der Waals surface area (Å²) in [4.78, 5) is 20.6. The maximum atomic E-state index is 12.4. The number of aryl methyl sites for hydroxylation is 1. The van der Waals surface area contributed by atoms with Crippen molar-refractivity contribution in [3.05, 3.63) is 42.5 Å². The summed E-state index contributed by atoms with van der Waals surface area (Å²) in [6.45, 7) is 3.10. The van der Waals surface area contributed by atoms with Crippen LogP contribution in [-0.2, 0) is 7.05 Å². The molecule has 1 aliphatic rings. The predicted octanol–water partition coefficient (Wildman–Crippen LogP) is 1.39. The number of amides is 1. The second kappa shape index (κ2) is 6.09. The summed E-state index contributed by atoms with van der Waals surface area (Å²) in [6, 6.07) is 8.03. The Morgan fingerprint density at radius 3 is 2.36 bits per heavy atom. The summed E-state index contributed by atoms with van der Waals surface area (Å²) in [5.74, 6) is 0.906. The Morgan fingerprint density at radius 1 is 1.14 bits per heavy atom. The number of ether oxygens (including phenoxy) is 1. The molecule has 0 bridgehead atoms. The minimum Gasteiger partial charge on any atom is -0.497 e. The minimum absolute atomic E-state index is 0.0504. The molecule has 2 heterocycles. The van der Waals surface area contributed by atoms with E-state index in [0.717, 1.165) is 37.6 Å². The number of anilines is 1. The lowest BCUT2D eigenvalue weighted by molar-refractivity contribution is 0.0737. The van der Waals surface area contributed by atoms with Gasteiger partial charge in [-0.15, -0.1) is 0 Å². The summed E-state index contributed by atoms with van der Waals surface area (Å²) < 4.78 is 6.94. The van der Waals surface area contributed by atoms with Crippen LogP contribution in [0.5, 0.6) is 5.75 Å². The van der Waals surface area contributed by atoms with Crippen molar-refractivity contribution in [2.45, 2.75) is 0 Å². The van der Waals surface area contributed by atoms with Crippen LogP contribution in [0.2, 0.25) is 0 Å². The largest absolute Gasteiger partial charge is 0.497 e. The number of carbonyl (C=O) groups excluding carboxylic acids is 1. The van der Waals surface area contributed by atoms with E-state index in [1.165, 1.54) is 0 Å². The van der Waals surface area contributed by atoms with E-state index in [-0.39, 0.29) is 5.91 Å². The molecule has 0 spiro atoms. The molecule has 22 heavy (non-hydrogen) atoms. The molecule has 0 radical (unpaired) electrons. The fraction of sp³-hybridized carbons (Fsp3) is 0.375. The first kappa shape index (κ1) is 14.4. The van der Waals surface area contributed by atoms with E-state index in [9.17, 15) is 4.79 Å². The van der Waals surface area contributed by atoms with Crippen LogP contribution in [0.4, 0.5) is 5.69 Å². The molecule has 0 atom stereocenters. The van der Waals surface area contributed by atoms with E-state index in [4.69, 9.17) is 4.74 Å². The summed E-state index contributed by atoms with van der Waals surface area (Å²) in [5.41, 5.74) is 1.80. The molecule has 0 N–H and O–H groups in total. The van der Waals surface area contributed by atoms with Gasteiger partial charge < -0.3 is 19.1 Å². The van der Waals surface area contributed by atoms with Crippen molar-refractivity contribution >= 4 is 11.6 Å². The molecular weight excluding hydrogens is 280 g/mol. The highest BCUT2D eigenvalue weighted by Crippen LogP contribution is 2.20. The monoisotopic (exact) mass is 300 g/mol. The highest BCUT2D eigenvalue weighted by molar-refractivity contribution is 5.92. The number of aromatic nitrogens is 2. The van der Waals surface area contributed by atoms with Crippen LogP contribution < -0.4 is 9.64 Å². The number of nitrogens with zero attached hydrogens (tertiary/aromatic N) is 4. The highest BCUT2D eigenvalue weighted by atomic mass is 16.5. The van der Waals surface area contributed by atoms with Crippen molar-refractivity contribution < 1.29 is 9.53 Å². The van der Waals surface area contributed by atoms with Crippen LogP contribution >= 0.6 is 0 Å². The first-order chi connectivity index (χ1) is 10.7. The maximum Gasteiger partial charge on any atom is 0.272 e. The highest BCUT2D eigenvalue weighted by Gasteiger charge is 2.23. The van der Waals surface area contributed by atoms with Gasteiger partial charge in [-0.2, -0.15) is 0 Å². The minimum atomic E-state index is 0.0504. The summed E-state index contributed by atoms with van der Waals surface area (Å²) in [5, 5.41) is 0. The van der Waals surface area contributed by atoms with Gasteiger partial charge in [0, 0.05) is 38.9 Å². The van der Waals surface area contributed by atoms with Crippen LogP contribution in [0, 0.1) is 0 Å². The molecule has 3 rings (SSSR count). The molecule has 1 aliphatic heterocycles. The van der Waals surface area contributed by atoms with Gasteiger partial charge in [-0.05, 0) is 24.3 Å². The zero-order valence-corrected chi connectivity index (χ0v) is 12.9. The number of rotatable bonds is 3. The molecule has 0 saturated carbocycles. The number of hydrogen-bond acceptors (Lipinski definition) is 4. The molecule has 1 amide bonds. The van der Waals surface area contributed by atoms with Crippen molar-refractivity contribution in [3.8, 4) is 5.75 Å². The second-order valence-corrected chi connectivity index (χ2v) is 5.37. The lowest BCUT2D eigenvalue weighted by Gasteiger charge is -2.36. The maximum absolute atomic E-state index is 12.4. The van der Waals surface area contributed by atoms with Crippen molar-refractivity contribution in [2.75, 3.05) is 38.2 Å². The molecule has 6 nitrogen and oxygen atoms in total. The van der Waals surface area contributed by atoms with Crippen LogP contribution in [-0.4, -0.2) is 53.6 Å². The van der Waals surface area contributed by atoms with E-state index in [2.05, 4.69) is 22.0 Å². The molecule has 0 aliphatic carbocycles. The molecule has 6 heteroatoms. The van der Waals surface area contributed by atoms with Crippen molar-refractivity contribution in [1.82, 2.24) is 14.5 Å².